The second kappa shape index (κ2) is 5.20. The van der Waals surface area contributed by atoms with E-state index in [1.54, 1.807) is 0 Å². The van der Waals surface area contributed by atoms with E-state index in [1.165, 1.54) is 6.07 Å². The molecule has 108 valence electrons. The van der Waals surface area contributed by atoms with Crippen molar-refractivity contribution in [2.45, 2.75) is 18.8 Å². The molecule has 1 unspecified atom stereocenters. The van der Waals surface area contributed by atoms with Crippen molar-refractivity contribution in [2.75, 3.05) is 0 Å². The summed E-state index contributed by atoms with van der Waals surface area (Å²) in [5.74, 6) is -2.37. The van der Waals surface area contributed by atoms with Crippen molar-refractivity contribution in [1.82, 2.24) is 9.78 Å². The third-order valence-electron chi connectivity index (χ3n) is 2.63. The summed E-state index contributed by atoms with van der Waals surface area (Å²) in [4.78, 5) is 0. The average Bonchev–Trinajstić information content (AvgIpc) is 2.81. The van der Waals surface area contributed by atoms with E-state index in [0.717, 1.165) is 29.1 Å². The number of aliphatic hydroxyl groups is 1. The first kappa shape index (κ1) is 14.4. The summed E-state index contributed by atoms with van der Waals surface area (Å²) in [6.45, 7) is -0.420. The molecule has 20 heavy (non-hydrogen) atoms. The van der Waals surface area contributed by atoms with Gasteiger partial charge >= 0.3 is 6.18 Å². The Balaban J connectivity index is 2.18. The molecule has 0 fully saturated rings. The maximum absolute atomic E-state index is 13.4. The summed E-state index contributed by atoms with van der Waals surface area (Å²) in [6.07, 6.45) is -5.10. The first-order valence-corrected chi connectivity index (χ1v) is 5.51. The standard InChI is InChI=1S/C12H9F5N2O/c13-8-3-1-2-7(11(8)14)9(20)6-19-5-4-10(18-19)12(15,16)17/h1-5,9,20H,6H2. The lowest BCUT2D eigenvalue weighted by molar-refractivity contribution is -0.141. The Morgan fingerprint density at radius 2 is 1.90 bits per heavy atom. The van der Waals surface area contributed by atoms with Crippen molar-refractivity contribution in [3.8, 4) is 0 Å². The maximum atomic E-state index is 13.4. The molecule has 0 aliphatic rings. The molecule has 1 aromatic heterocycles. The molecule has 1 N–H and O–H groups in total. The second-order valence-electron chi connectivity index (χ2n) is 4.08. The van der Waals surface area contributed by atoms with Gasteiger partial charge in [0.25, 0.3) is 0 Å². The highest BCUT2D eigenvalue weighted by molar-refractivity contribution is 5.21. The van der Waals surface area contributed by atoms with E-state index in [0.29, 0.717) is 0 Å². The Morgan fingerprint density at radius 1 is 1.20 bits per heavy atom. The summed E-state index contributed by atoms with van der Waals surface area (Å²) < 4.78 is 64.2. The van der Waals surface area contributed by atoms with E-state index in [1.807, 2.05) is 0 Å². The molecule has 1 heterocycles. The van der Waals surface area contributed by atoms with Crippen LogP contribution in [0.1, 0.15) is 17.4 Å². The molecule has 8 heteroatoms. The smallest absolute Gasteiger partial charge is 0.386 e. The van der Waals surface area contributed by atoms with Crippen molar-refractivity contribution in [3.63, 3.8) is 0 Å². The molecule has 0 amide bonds. The zero-order valence-corrected chi connectivity index (χ0v) is 9.90. The minimum atomic E-state index is -4.60. The summed E-state index contributed by atoms with van der Waals surface area (Å²) in [5, 5.41) is 13.0. The lowest BCUT2D eigenvalue weighted by Gasteiger charge is -2.12. The molecule has 0 radical (unpaired) electrons. The molecule has 0 saturated carbocycles. The third kappa shape index (κ3) is 2.96. The zero-order chi connectivity index (χ0) is 14.9. The average molecular weight is 292 g/mol. The quantitative estimate of drug-likeness (QED) is 0.883. The molecule has 2 aromatic rings. The highest BCUT2D eigenvalue weighted by atomic mass is 19.4. The van der Waals surface area contributed by atoms with Crippen molar-refractivity contribution < 1.29 is 27.1 Å². The molecule has 1 atom stereocenters. The van der Waals surface area contributed by atoms with Gasteiger partial charge in [-0.2, -0.15) is 18.3 Å². The second-order valence-corrected chi connectivity index (χ2v) is 4.08. The van der Waals surface area contributed by atoms with Gasteiger partial charge in [-0.1, -0.05) is 12.1 Å². The number of benzene rings is 1. The van der Waals surface area contributed by atoms with Gasteiger partial charge in [0, 0.05) is 11.8 Å². The number of hydrogen-bond acceptors (Lipinski definition) is 2. The van der Waals surface area contributed by atoms with Crippen LogP contribution in [0.4, 0.5) is 22.0 Å². The predicted molar refractivity (Wildman–Crippen MR) is 58.5 cm³/mol. The maximum Gasteiger partial charge on any atom is 0.435 e. The van der Waals surface area contributed by atoms with E-state index in [9.17, 15) is 27.1 Å². The van der Waals surface area contributed by atoms with Crippen molar-refractivity contribution in [1.29, 1.82) is 0 Å². The van der Waals surface area contributed by atoms with Gasteiger partial charge in [-0.3, -0.25) is 4.68 Å². The normalized spacial score (nSPS) is 13.5. The molecule has 1 aromatic carbocycles. The number of nitrogens with zero attached hydrogens (tertiary/aromatic N) is 2. The lowest BCUT2D eigenvalue weighted by Crippen LogP contribution is -2.13. The van der Waals surface area contributed by atoms with Gasteiger partial charge in [0.1, 0.15) is 6.10 Å². The van der Waals surface area contributed by atoms with Gasteiger partial charge in [0.2, 0.25) is 0 Å². The highest BCUT2D eigenvalue weighted by Crippen LogP contribution is 2.28. The van der Waals surface area contributed by atoms with Crippen LogP contribution in [0.25, 0.3) is 0 Å². The van der Waals surface area contributed by atoms with Crippen LogP contribution in [-0.2, 0) is 12.7 Å². The van der Waals surface area contributed by atoms with Gasteiger partial charge in [-0.25, -0.2) is 8.78 Å². The fraction of sp³-hybridized carbons (Fsp3) is 0.250. The van der Waals surface area contributed by atoms with Crippen molar-refractivity contribution in [2.24, 2.45) is 0 Å². The van der Waals surface area contributed by atoms with Crippen LogP contribution in [0.5, 0.6) is 0 Å². The summed E-state index contributed by atoms with van der Waals surface area (Å²) in [5.41, 5.74) is -1.46. The number of hydrogen-bond donors (Lipinski definition) is 1. The van der Waals surface area contributed by atoms with E-state index in [-0.39, 0.29) is 5.56 Å². The van der Waals surface area contributed by atoms with Crippen LogP contribution in [0.15, 0.2) is 30.5 Å². The zero-order valence-electron chi connectivity index (χ0n) is 9.90. The summed E-state index contributed by atoms with van der Waals surface area (Å²) in [6, 6.07) is 3.95. The molecule has 0 saturated heterocycles. The van der Waals surface area contributed by atoms with E-state index in [2.05, 4.69) is 5.10 Å². The van der Waals surface area contributed by atoms with Crippen LogP contribution in [-0.4, -0.2) is 14.9 Å². The summed E-state index contributed by atoms with van der Waals surface area (Å²) >= 11 is 0. The summed E-state index contributed by atoms with van der Waals surface area (Å²) in [7, 11) is 0. The van der Waals surface area contributed by atoms with Crippen LogP contribution in [0.2, 0.25) is 0 Å². The number of alkyl halides is 3. The van der Waals surface area contributed by atoms with Crippen LogP contribution in [0, 0.1) is 11.6 Å². The number of aromatic nitrogens is 2. The topological polar surface area (TPSA) is 38.0 Å². The molecular weight excluding hydrogens is 283 g/mol. The fourth-order valence-corrected chi connectivity index (χ4v) is 1.67. The Kier molecular flexibility index (Phi) is 3.76. The molecule has 0 aliphatic carbocycles. The number of halogens is 5. The fourth-order valence-electron chi connectivity index (χ4n) is 1.67. The number of rotatable bonds is 3. The minimum absolute atomic E-state index is 0.339. The molecule has 0 bridgehead atoms. The van der Waals surface area contributed by atoms with Crippen molar-refractivity contribution >= 4 is 0 Å². The first-order valence-electron chi connectivity index (χ1n) is 5.51. The largest absolute Gasteiger partial charge is 0.435 e. The predicted octanol–water partition coefficient (Wildman–Crippen LogP) is 2.91. The van der Waals surface area contributed by atoms with Crippen LogP contribution in [0.3, 0.4) is 0 Å². The van der Waals surface area contributed by atoms with Gasteiger partial charge in [-0.15, -0.1) is 0 Å². The Labute approximate surface area is 110 Å². The van der Waals surface area contributed by atoms with Gasteiger partial charge in [0.05, 0.1) is 6.54 Å². The minimum Gasteiger partial charge on any atom is -0.386 e. The van der Waals surface area contributed by atoms with Gasteiger partial charge in [-0.05, 0) is 12.1 Å². The Bertz CT molecular complexity index is 608. The molecule has 0 spiro atoms. The van der Waals surface area contributed by atoms with Gasteiger partial charge in [0.15, 0.2) is 17.3 Å². The van der Waals surface area contributed by atoms with E-state index in [4.69, 9.17) is 0 Å². The molecule has 0 aliphatic heterocycles. The Morgan fingerprint density at radius 3 is 2.50 bits per heavy atom. The van der Waals surface area contributed by atoms with E-state index < -0.39 is 36.2 Å². The highest BCUT2D eigenvalue weighted by Gasteiger charge is 2.33. The molecular formula is C12H9F5N2O. The van der Waals surface area contributed by atoms with Crippen LogP contribution >= 0.6 is 0 Å². The SMILES string of the molecule is OC(Cn1ccc(C(F)(F)F)n1)c1cccc(F)c1F. The molecule has 2 rings (SSSR count). The molecule has 3 nitrogen and oxygen atoms in total. The van der Waals surface area contributed by atoms with Gasteiger partial charge < -0.3 is 5.11 Å². The number of aliphatic hydroxyl groups excluding tert-OH is 1. The lowest BCUT2D eigenvalue weighted by atomic mass is 10.1. The monoisotopic (exact) mass is 292 g/mol. The first-order chi connectivity index (χ1) is 9.29. The van der Waals surface area contributed by atoms with Crippen LogP contribution < -0.4 is 0 Å². The van der Waals surface area contributed by atoms with E-state index >= 15 is 0 Å². The third-order valence-corrected chi connectivity index (χ3v) is 2.63. The van der Waals surface area contributed by atoms with Crippen molar-refractivity contribution in [3.05, 3.63) is 53.4 Å². The Hall–Kier alpha value is -1.96.